The number of hydrogen-bond acceptors (Lipinski definition) is 6. The summed E-state index contributed by atoms with van der Waals surface area (Å²) in [7, 11) is 0. The molecule has 0 bridgehead atoms. The lowest BCUT2D eigenvalue weighted by molar-refractivity contribution is -0.141. The van der Waals surface area contributed by atoms with E-state index >= 15 is 0 Å². The maximum atomic E-state index is 13.0. The molecular formula is C16H10F6N6OS. The number of rotatable bonds is 5. The molecule has 0 aliphatic rings. The lowest BCUT2D eigenvalue weighted by atomic mass is 10.1. The Hall–Kier alpha value is -3.16. The molecule has 0 saturated heterocycles. The number of nitrogens with zero attached hydrogens (tertiary/aromatic N) is 5. The third-order valence-electron chi connectivity index (χ3n) is 3.52. The molecule has 14 heteroatoms. The fourth-order valence-corrected chi connectivity index (χ4v) is 2.86. The van der Waals surface area contributed by atoms with Gasteiger partial charge in [-0.2, -0.15) is 31.4 Å². The van der Waals surface area contributed by atoms with E-state index in [1.165, 1.54) is 6.33 Å². The molecule has 2 heterocycles. The van der Waals surface area contributed by atoms with Gasteiger partial charge in [0.05, 0.1) is 22.7 Å². The average molecular weight is 448 g/mol. The zero-order chi connectivity index (χ0) is 21.9. The smallest absolute Gasteiger partial charge is 0.323 e. The summed E-state index contributed by atoms with van der Waals surface area (Å²) >= 11 is 0.600. The van der Waals surface area contributed by atoms with E-state index in [1.807, 2.05) is 0 Å². The first-order chi connectivity index (χ1) is 14.0. The van der Waals surface area contributed by atoms with Gasteiger partial charge >= 0.3 is 12.4 Å². The van der Waals surface area contributed by atoms with Crippen molar-refractivity contribution in [3.63, 3.8) is 0 Å². The number of nitrogens with one attached hydrogen (secondary N) is 1. The van der Waals surface area contributed by atoms with Gasteiger partial charge < -0.3 is 5.32 Å². The minimum atomic E-state index is -4.68. The molecule has 1 aromatic carbocycles. The van der Waals surface area contributed by atoms with E-state index in [0.717, 1.165) is 35.4 Å². The second-order valence-corrected chi connectivity index (χ2v) is 6.57. The van der Waals surface area contributed by atoms with Crippen LogP contribution >= 0.6 is 11.8 Å². The van der Waals surface area contributed by atoms with Crippen LogP contribution in [-0.4, -0.2) is 36.4 Å². The number of amides is 1. The molecule has 1 N–H and O–H groups in total. The highest BCUT2D eigenvalue weighted by atomic mass is 32.2. The molecule has 2 aromatic heterocycles. The van der Waals surface area contributed by atoms with Crippen molar-refractivity contribution in [2.75, 3.05) is 11.1 Å². The van der Waals surface area contributed by atoms with Crippen molar-refractivity contribution in [3.8, 4) is 5.69 Å². The van der Waals surface area contributed by atoms with Gasteiger partial charge in [-0.3, -0.25) is 4.79 Å². The lowest BCUT2D eigenvalue weighted by Gasteiger charge is -2.14. The van der Waals surface area contributed by atoms with E-state index in [-0.39, 0.29) is 16.5 Å². The highest BCUT2D eigenvalue weighted by Crippen LogP contribution is 2.33. The molecule has 0 saturated carbocycles. The van der Waals surface area contributed by atoms with E-state index in [4.69, 9.17) is 0 Å². The maximum Gasteiger partial charge on any atom is 0.433 e. The van der Waals surface area contributed by atoms with Gasteiger partial charge in [0, 0.05) is 6.20 Å². The third-order valence-corrected chi connectivity index (χ3v) is 4.38. The standard InChI is InChI=1S/C16H10F6N6OS/c17-15(18,19)9-1-2-11(28-8-23-7-25-28)10(5-9)26-13(29)6-30-14-24-4-3-12(27-14)16(20,21)22/h1-5,7-8H,6H2,(H,26,29). The molecule has 0 atom stereocenters. The van der Waals surface area contributed by atoms with E-state index in [0.29, 0.717) is 17.8 Å². The first-order valence-electron chi connectivity index (χ1n) is 7.93. The van der Waals surface area contributed by atoms with E-state index in [9.17, 15) is 31.1 Å². The molecule has 158 valence electrons. The molecule has 0 aliphatic carbocycles. The van der Waals surface area contributed by atoms with Crippen molar-refractivity contribution >= 4 is 23.4 Å². The van der Waals surface area contributed by atoms with Crippen LogP contribution in [0, 0.1) is 0 Å². The zero-order valence-electron chi connectivity index (χ0n) is 14.6. The summed E-state index contributed by atoms with van der Waals surface area (Å²) in [5.74, 6) is -1.21. The van der Waals surface area contributed by atoms with E-state index in [2.05, 4.69) is 25.4 Å². The van der Waals surface area contributed by atoms with Gasteiger partial charge in [-0.15, -0.1) is 0 Å². The second kappa shape index (κ2) is 8.30. The predicted octanol–water partition coefficient (Wildman–Crippen LogP) is 3.83. The van der Waals surface area contributed by atoms with Gasteiger partial charge in [0.1, 0.15) is 18.3 Å². The predicted molar refractivity (Wildman–Crippen MR) is 92.7 cm³/mol. The van der Waals surface area contributed by atoms with Crippen molar-refractivity contribution in [1.82, 2.24) is 24.7 Å². The number of hydrogen-bond donors (Lipinski definition) is 1. The van der Waals surface area contributed by atoms with Crippen LogP contribution in [-0.2, 0) is 17.1 Å². The molecule has 1 amide bonds. The van der Waals surface area contributed by atoms with Crippen LogP contribution in [0.1, 0.15) is 11.3 Å². The molecule has 0 fully saturated rings. The number of carbonyl (C=O) groups excluding carboxylic acids is 1. The summed E-state index contributed by atoms with van der Waals surface area (Å²) in [5.41, 5.74) is -2.26. The van der Waals surface area contributed by atoms with Crippen LogP contribution in [0.5, 0.6) is 0 Å². The Labute approximate surface area is 168 Å². The van der Waals surface area contributed by atoms with Crippen molar-refractivity contribution in [1.29, 1.82) is 0 Å². The summed E-state index contributed by atoms with van der Waals surface area (Å²) in [6.45, 7) is 0. The molecule has 3 aromatic rings. The van der Waals surface area contributed by atoms with Gasteiger partial charge in [-0.1, -0.05) is 11.8 Å². The van der Waals surface area contributed by atoms with Gasteiger partial charge in [-0.05, 0) is 24.3 Å². The lowest BCUT2D eigenvalue weighted by Crippen LogP contribution is -2.17. The first-order valence-corrected chi connectivity index (χ1v) is 8.92. The quantitative estimate of drug-likeness (QED) is 0.363. The highest BCUT2D eigenvalue weighted by Gasteiger charge is 2.33. The monoisotopic (exact) mass is 448 g/mol. The Bertz CT molecular complexity index is 1040. The van der Waals surface area contributed by atoms with Crippen molar-refractivity contribution < 1.29 is 31.1 Å². The van der Waals surface area contributed by atoms with Gasteiger partial charge in [0.15, 0.2) is 5.16 Å². The van der Waals surface area contributed by atoms with E-state index in [1.54, 1.807) is 0 Å². The summed E-state index contributed by atoms with van der Waals surface area (Å²) in [4.78, 5) is 22.9. The summed E-state index contributed by atoms with van der Waals surface area (Å²) in [6.07, 6.45) is -6.05. The van der Waals surface area contributed by atoms with Gasteiger partial charge in [-0.25, -0.2) is 19.6 Å². The SMILES string of the molecule is O=C(CSc1nccc(C(F)(F)F)n1)Nc1cc(C(F)(F)F)ccc1-n1cncn1. The topological polar surface area (TPSA) is 85.6 Å². The summed E-state index contributed by atoms with van der Waals surface area (Å²) < 4.78 is 78.3. The zero-order valence-corrected chi connectivity index (χ0v) is 15.4. The molecular weight excluding hydrogens is 438 g/mol. The fourth-order valence-electron chi connectivity index (χ4n) is 2.23. The molecule has 0 spiro atoms. The number of aromatic nitrogens is 5. The number of benzene rings is 1. The van der Waals surface area contributed by atoms with Crippen molar-refractivity contribution in [3.05, 3.63) is 54.4 Å². The molecule has 0 aliphatic heterocycles. The molecule has 3 rings (SSSR count). The maximum absolute atomic E-state index is 13.0. The number of anilines is 1. The van der Waals surface area contributed by atoms with Crippen LogP contribution in [0.3, 0.4) is 0 Å². The number of carbonyl (C=O) groups is 1. The van der Waals surface area contributed by atoms with Crippen LogP contribution in [0.25, 0.3) is 5.69 Å². The minimum Gasteiger partial charge on any atom is -0.323 e. The number of alkyl halides is 6. The Morgan fingerprint density at radius 3 is 2.50 bits per heavy atom. The second-order valence-electron chi connectivity index (χ2n) is 5.63. The fraction of sp³-hybridized carbons (Fsp3) is 0.188. The third kappa shape index (κ3) is 5.25. The van der Waals surface area contributed by atoms with Gasteiger partial charge in [0.2, 0.25) is 5.91 Å². The largest absolute Gasteiger partial charge is 0.433 e. The van der Waals surface area contributed by atoms with Gasteiger partial charge in [0.25, 0.3) is 0 Å². The molecule has 7 nitrogen and oxygen atoms in total. The average Bonchev–Trinajstić information content (AvgIpc) is 3.20. The Morgan fingerprint density at radius 2 is 1.87 bits per heavy atom. The van der Waals surface area contributed by atoms with E-state index < -0.39 is 35.3 Å². The first kappa shape index (κ1) is 21.5. The Morgan fingerprint density at radius 1 is 1.10 bits per heavy atom. The van der Waals surface area contributed by atoms with Crippen LogP contribution < -0.4 is 5.32 Å². The molecule has 30 heavy (non-hydrogen) atoms. The normalized spacial score (nSPS) is 12.1. The Balaban J connectivity index is 1.77. The molecule has 0 radical (unpaired) electrons. The summed E-state index contributed by atoms with van der Waals surface area (Å²) in [5, 5.41) is 5.81. The molecule has 0 unspecified atom stereocenters. The van der Waals surface area contributed by atoms with Crippen molar-refractivity contribution in [2.45, 2.75) is 17.5 Å². The minimum absolute atomic E-state index is 0.120. The highest BCUT2D eigenvalue weighted by molar-refractivity contribution is 7.99. The van der Waals surface area contributed by atoms with Crippen LogP contribution in [0.4, 0.5) is 32.0 Å². The number of halogens is 6. The number of thioether (sulfide) groups is 1. The van der Waals surface area contributed by atoms with Crippen LogP contribution in [0.15, 0.2) is 48.3 Å². The summed E-state index contributed by atoms with van der Waals surface area (Å²) in [6, 6.07) is 3.32. The Kier molecular flexibility index (Phi) is 5.96. The van der Waals surface area contributed by atoms with Crippen molar-refractivity contribution in [2.24, 2.45) is 0 Å². The van der Waals surface area contributed by atoms with Crippen LogP contribution in [0.2, 0.25) is 0 Å².